The predicted octanol–water partition coefficient (Wildman–Crippen LogP) is 4.85. The second-order valence-corrected chi connectivity index (χ2v) is 13.4. The van der Waals surface area contributed by atoms with Gasteiger partial charge in [-0.25, -0.2) is 0 Å². The van der Waals surface area contributed by atoms with Crippen molar-refractivity contribution in [1.29, 1.82) is 0 Å². The van der Waals surface area contributed by atoms with E-state index >= 15 is 0 Å². The van der Waals surface area contributed by atoms with Gasteiger partial charge in [0.1, 0.15) is 6.10 Å². The van der Waals surface area contributed by atoms with Crippen LogP contribution in [0.15, 0.2) is 73.3 Å². The van der Waals surface area contributed by atoms with Gasteiger partial charge in [-0.05, 0) is 28.3 Å². The van der Waals surface area contributed by atoms with E-state index in [4.69, 9.17) is 9.16 Å². The van der Waals surface area contributed by atoms with Crippen LogP contribution in [0.4, 0.5) is 0 Å². The predicted molar refractivity (Wildman–Crippen MR) is 126 cm³/mol. The van der Waals surface area contributed by atoms with Crippen LogP contribution < -0.4 is 10.4 Å². The van der Waals surface area contributed by atoms with E-state index in [1.54, 1.807) is 6.08 Å². The number of allylic oxidation sites excluding steroid dienone is 1. The Labute approximate surface area is 182 Å². The van der Waals surface area contributed by atoms with Crippen molar-refractivity contribution in [3.63, 3.8) is 0 Å². The van der Waals surface area contributed by atoms with Crippen molar-refractivity contribution < 1.29 is 14.0 Å². The molecule has 30 heavy (non-hydrogen) atoms. The fraction of sp³-hybridized carbons (Fsp3) is 0.423. The molecule has 1 fully saturated rings. The van der Waals surface area contributed by atoms with Crippen molar-refractivity contribution in [2.24, 2.45) is 5.92 Å². The first kappa shape index (κ1) is 22.5. The van der Waals surface area contributed by atoms with E-state index in [2.05, 4.69) is 82.8 Å². The highest BCUT2D eigenvalue weighted by atomic mass is 28.4. The second kappa shape index (κ2) is 9.32. The number of carbonyl (C=O) groups is 1. The largest absolute Gasteiger partial charge is 0.459 e. The second-order valence-electron chi connectivity index (χ2n) is 9.16. The smallest absolute Gasteiger partial charge is 0.309 e. The third-order valence-corrected chi connectivity index (χ3v) is 11.2. The molecule has 160 valence electrons. The van der Waals surface area contributed by atoms with Gasteiger partial charge in [0.25, 0.3) is 8.32 Å². The Balaban J connectivity index is 2.06. The zero-order valence-corrected chi connectivity index (χ0v) is 19.6. The highest BCUT2D eigenvalue weighted by molar-refractivity contribution is 6.99. The van der Waals surface area contributed by atoms with Gasteiger partial charge < -0.3 is 9.16 Å². The lowest BCUT2D eigenvalue weighted by atomic mass is 9.98. The van der Waals surface area contributed by atoms with Gasteiger partial charge in [0.15, 0.2) is 0 Å². The molecule has 0 aromatic heterocycles. The lowest BCUT2D eigenvalue weighted by Gasteiger charge is -2.45. The maximum atomic E-state index is 12.4. The molecule has 3 nitrogen and oxygen atoms in total. The average Bonchev–Trinajstić information content (AvgIpc) is 3.10. The maximum absolute atomic E-state index is 12.4. The molecule has 0 saturated carbocycles. The summed E-state index contributed by atoms with van der Waals surface area (Å²) in [6.07, 6.45) is 3.60. The van der Waals surface area contributed by atoms with Crippen LogP contribution in [-0.2, 0) is 14.0 Å². The maximum Gasteiger partial charge on any atom is 0.309 e. The van der Waals surface area contributed by atoms with E-state index in [1.165, 1.54) is 10.4 Å². The monoisotopic (exact) mass is 422 g/mol. The minimum atomic E-state index is -2.67. The first-order chi connectivity index (χ1) is 14.3. The number of hydrogen-bond acceptors (Lipinski definition) is 3. The molecule has 1 aliphatic heterocycles. The normalized spacial score (nSPS) is 20.6. The van der Waals surface area contributed by atoms with Crippen molar-refractivity contribution in [1.82, 2.24) is 0 Å². The van der Waals surface area contributed by atoms with Gasteiger partial charge >= 0.3 is 5.97 Å². The first-order valence-electron chi connectivity index (χ1n) is 10.9. The van der Waals surface area contributed by atoms with Gasteiger partial charge in [-0.2, -0.15) is 0 Å². The van der Waals surface area contributed by atoms with E-state index < -0.39 is 8.32 Å². The molecule has 0 bridgehead atoms. The summed E-state index contributed by atoms with van der Waals surface area (Å²) in [4.78, 5) is 12.4. The van der Waals surface area contributed by atoms with Gasteiger partial charge in [-0.3, -0.25) is 4.79 Å². The summed E-state index contributed by atoms with van der Waals surface area (Å²) in [7, 11) is -2.67. The standard InChI is InChI=1S/C26H34O3Si/c1-6-14-20-19-24(28-25(20)27)23(7-2)29-30(26(3,4)5,21-15-10-8-11-16-21)22-17-12-9-13-18-22/h6,8-13,15-18,20,23-24H,1,7,14,19H2,2-5H3/t20-,23+,24+/m0/s1. The summed E-state index contributed by atoms with van der Waals surface area (Å²) in [5.41, 5.74) is 0. The van der Waals surface area contributed by atoms with Crippen molar-refractivity contribution >= 4 is 24.7 Å². The first-order valence-corrected chi connectivity index (χ1v) is 12.8. The Bertz CT molecular complexity index is 802. The van der Waals surface area contributed by atoms with Crippen LogP contribution in [-0.4, -0.2) is 26.5 Å². The van der Waals surface area contributed by atoms with Crippen LogP contribution in [0.5, 0.6) is 0 Å². The van der Waals surface area contributed by atoms with Crippen molar-refractivity contribution in [3.05, 3.63) is 73.3 Å². The molecule has 3 rings (SSSR count). The van der Waals surface area contributed by atoms with E-state index in [1.807, 2.05) is 12.1 Å². The van der Waals surface area contributed by atoms with Crippen LogP contribution in [0.3, 0.4) is 0 Å². The molecule has 0 aliphatic carbocycles. The van der Waals surface area contributed by atoms with E-state index in [0.717, 1.165) is 6.42 Å². The zero-order chi connectivity index (χ0) is 21.8. The van der Waals surface area contributed by atoms with Crippen LogP contribution in [0.25, 0.3) is 0 Å². The summed E-state index contributed by atoms with van der Waals surface area (Å²) in [6.45, 7) is 12.7. The van der Waals surface area contributed by atoms with E-state index in [-0.39, 0.29) is 29.1 Å². The van der Waals surface area contributed by atoms with Crippen molar-refractivity contribution in [3.8, 4) is 0 Å². The number of carbonyl (C=O) groups excluding carboxylic acids is 1. The molecule has 2 aromatic carbocycles. The molecule has 0 radical (unpaired) electrons. The Morgan fingerprint density at radius 3 is 2.07 bits per heavy atom. The molecular formula is C26H34O3Si. The average molecular weight is 423 g/mol. The summed E-state index contributed by atoms with van der Waals surface area (Å²) in [5.74, 6) is -0.228. The highest BCUT2D eigenvalue weighted by Crippen LogP contribution is 2.39. The number of esters is 1. The Hall–Kier alpha value is -2.17. The topological polar surface area (TPSA) is 35.5 Å². The SMILES string of the molecule is C=CC[C@H]1C[C@H]([C@@H](CC)O[Si](c2ccccc2)(c2ccccc2)C(C)(C)C)OC1=O. The fourth-order valence-corrected chi connectivity index (χ4v) is 9.42. The third-order valence-electron chi connectivity index (χ3n) is 6.13. The lowest BCUT2D eigenvalue weighted by molar-refractivity contribution is -0.147. The van der Waals surface area contributed by atoms with Crippen LogP contribution >= 0.6 is 0 Å². The number of benzene rings is 2. The fourth-order valence-electron chi connectivity index (χ4n) is 4.63. The number of cyclic esters (lactones) is 1. The molecule has 0 unspecified atom stereocenters. The highest BCUT2D eigenvalue weighted by Gasteiger charge is 2.53. The number of rotatable bonds is 8. The minimum absolute atomic E-state index is 0.105. The van der Waals surface area contributed by atoms with E-state index in [9.17, 15) is 4.79 Å². The molecule has 1 heterocycles. The minimum Gasteiger partial charge on any atom is -0.459 e. The molecule has 1 saturated heterocycles. The third kappa shape index (κ3) is 4.30. The van der Waals surface area contributed by atoms with Gasteiger partial charge in [-0.15, -0.1) is 6.58 Å². The Morgan fingerprint density at radius 2 is 1.63 bits per heavy atom. The van der Waals surface area contributed by atoms with Crippen LogP contribution in [0.1, 0.15) is 47.0 Å². The molecular weight excluding hydrogens is 388 g/mol. The van der Waals surface area contributed by atoms with Gasteiger partial charge in [0.05, 0.1) is 12.0 Å². The number of ether oxygens (including phenoxy) is 1. The molecule has 0 amide bonds. The lowest BCUT2D eigenvalue weighted by Crippen LogP contribution is -2.68. The van der Waals surface area contributed by atoms with Gasteiger partial charge in [-0.1, -0.05) is 94.4 Å². The summed E-state index contributed by atoms with van der Waals surface area (Å²) < 4.78 is 13.0. The van der Waals surface area contributed by atoms with Gasteiger partial charge in [0.2, 0.25) is 0 Å². The molecule has 3 atom stereocenters. The summed E-state index contributed by atoms with van der Waals surface area (Å²) in [6, 6.07) is 21.2. The Morgan fingerprint density at radius 1 is 1.10 bits per heavy atom. The zero-order valence-electron chi connectivity index (χ0n) is 18.6. The Kier molecular flexibility index (Phi) is 6.99. The van der Waals surface area contributed by atoms with E-state index in [0.29, 0.717) is 12.8 Å². The summed E-state index contributed by atoms with van der Waals surface area (Å²) in [5, 5.41) is 2.38. The quantitative estimate of drug-likeness (QED) is 0.347. The number of hydrogen-bond donors (Lipinski definition) is 0. The molecule has 4 heteroatoms. The van der Waals surface area contributed by atoms with Crippen LogP contribution in [0, 0.1) is 5.92 Å². The molecule has 0 N–H and O–H groups in total. The van der Waals surface area contributed by atoms with Crippen molar-refractivity contribution in [2.75, 3.05) is 0 Å². The van der Waals surface area contributed by atoms with Crippen LogP contribution in [0.2, 0.25) is 5.04 Å². The van der Waals surface area contributed by atoms with Gasteiger partial charge in [0, 0.05) is 6.42 Å². The molecule has 0 spiro atoms. The summed E-state index contributed by atoms with van der Waals surface area (Å²) >= 11 is 0. The molecule has 2 aromatic rings. The van der Waals surface area contributed by atoms with Crippen molar-refractivity contribution in [2.45, 2.75) is 64.2 Å². The molecule has 1 aliphatic rings.